The molecule has 2 saturated heterocycles. The van der Waals surface area contributed by atoms with Gasteiger partial charge < -0.3 is 19.7 Å². The molecule has 0 spiro atoms. The molecular weight excluding hydrogens is 356 g/mol. The van der Waals surface area contributed by atoms with E-state index in [-0.39, 0.29) is 18.3 Å². The van der Waals surface area contributed by atoms with Crippen molar-refractivity contribution in [2.45, 2.75) is 45.0 Å². The maximum atomic E-state index is 12.3. The molecule has 2 unspecified atom stereocenters. The van der Waals surface area contributed by atoms with E-state index in [4.69, 9.17) is 14.7 Å². The first-order valence-electron chi connectivity index (χ1n) is 9.92. The average Bonchev–Trinajstić information content (AvgIpc) is 2.63. The number of anilines is 1. The van der Waals surface area contributed by atoms with Crippen molar-refractivity contribution >= 4 is 11.8 Å². The van der Waals surface area contributed by atoms with Crippen LogP contribution in [0.3, 0.4) is 0 Å². The Morgan fingerprint density at radius 2 is 1.86 bits per heavy atom. The molecule has 2 aliphatic rings. The smallest absolute Gasteiger partial charge is 0.410 e. The summed E-state index contributed by atoms with van der Waals surface area (Å²) in [5.74, 6) is 0. The van der Waals surface area contributed by atoms with Gasteiger partial charge in [0.1, 0.15) is 5.60 Å². The van der Waals surface area contributed by atoms with E-state index in [2.05, 4.69) is 16.3 Å². The van der Waals surface area contributed by atoms with Crippen molar-refractivity contribution in [1.82, 2.24) is 9.80 Å². The van der Waals surface area contributed by atoms with Crippen LogP contribution in [0.25, 0.3) is 0 Å². The lowest BCUT2D eigenvalue weighted by atomic mass is 10.1. The number of fused-ring (bicyclic) bond motifs is 2. The molecule has 1 amide bonds. The van der Waals surface area contributed by atoms with Gasteiger partial charge in [0.2, 0.25) is 0 Å². The van der Waals surface area contributed by atoms with E-state index in [1.54, 1.807) is 4.90 Å². The number of morpholine rings is 2. The highest BCUT2D eigenvalue weighted by atomic mass is 16.6. The molecule has 2 heterocycles. The first kappa shape index (κ1) is 20.4. The van der Waals surface area contributed by atoms with Crippen molar-refractivity contribution in [3.8, 4) is 6.07 Å². The van der Waals surface area contributed by atoms with Gasteiger partial charge >= 0.3 is 6.09 Å². The number of hydrogen-bond acceptors (Lipinski definition) is 6. The topological polar surface area (TPSA) is 77.8 Å². The fourth-order valence-corrected chi connectivity index (χ4v) is 3.63. The van der Waals surface area contributed by atoms with Crippen LogP contribution < -0.4 is 5.32 Å². The number of hydrogen-bond donors (Lipinski definition) is 1. The summed E-state index contributed by atoms with van der Waals surface area (Å²) < 4.78 is 11.5. The van der Waals surface area contributed by atoms with Gasteiger partial charge in [-0.2, -0.15) is 5.26 Å². The van der Waals surface area contributed by atoms with E-state index in [9.17, 15) is 4.79 Å². The summed E-state index contributed by atoms with van der Waals surface area (Å²) in [4.78, 5) is 16.5. The number of nitrogens with zero attached hydrogens (tertiary/aromatic N) is 3. The number of carbonyl (C=O) groups is 1. The molecule has 0 aromatic heterocycles. The Morgan fingerprint density at radius 1 is 1.21 bits per heavy atom. The molecule has 3 rings (SSSR count). The van der Waals surface area contributed by atoms with Gasteiger partial charge in [0, 0.05) is 31.9 Å². The van der Waals surface area contributed by atoms with Gasteiger partial charge in [-0.05, 0) is 51.5 Å². The first-order chi connectivity index (χ1) is 13.3. The first-order valence-corrected chi connectivity index (χ1v) is 9.92. The van der Waals surface area contributed by atoms with Crippen LogP contribution in [-0.4, -0.2) is 73.0 Å². The zero-order valence-corrected chi connectivity index (χ0v) is 17.0. The highest BCUT2D eigenvalue weighted by Crippen LogP contribution is 2.21. The van der Waals surface area contributed by atoms with Crippen LogP contribution in [0, 0.1) is 11.3 Å². The summed E-state index contributed by atoms with van der Waals surface area (Å²) in [6.45, 7) is 10.4. The van der Waals surface area contributed by atoms with Crippen LogP contribution in [0.4, 0.5) is 10.5 Å². The maximum Gasteiger partial charge on any atom is 0.410 e. The minimum Gasteiger partial charge on any atom is -0.444 e. The van der Waals surface area contributed by atoms with Crippen molar-refractivity contribution in [1.29, 1.82) is 5.26 Å². The molecule has 2 fully saturated rings. The summed E-state index contributed by atoms with van der Waals surface area (Å²) >= 11 is 0. The number of ether oxygens (including phenoxy) is 2. The Labute approximate surface area is 167 Å². The standard InChI is InChI=1S/C21H30N4O3/c1-21(2,3)28-20(26)25-14-18-12-24(13-19(15-25)27-18)10-4-9-23-17-7-5-16(11-22)6-8-17/h5-8,18-19,23H,4,9-10,12-15H2,1-3H3. The number of carbonyl (C=O) groups excluding carboxylic acids is 1. The largest absolute Gasteiger partial charge is 0.444 e. The molecule has 0 saturated carbocycles. The molecule has 7 nitrogen and oxygen atoms in total. The minimum atomic E-state index is -0.474. The SMILES string of the molecule is CC(C)(C)OC(=O)N1CC2CN(CCCNc3ccc(C#N)cc3)CC(C1)O2. The van der Waals surface area contributed by atoms with Crippen LogP contribution in [-0.2, 0) is 9.47 Å². The Hall–Kier alpha value is -2.30. The Morgan fingerprint density at radius 3 is 2.43 bits per heavy atom. The highest BCUT2D eigenvalue weighted by Gasteiger charge is 2.37. The third-order valence-electron chi connectivity index (χ3n) is 4.80. The van der Waals surface area contributed by atoms with Gasteiger partial charge in [0.25, 0.3) is 0 Å². The lowest BCUT2D eigenvalue weighted by Crippen LogP contribution is -2.61. The third kappa shape index (κ3) is 5.85. The monoisotopic (exact) mass is 386 g/mol. The van der Waals surface area contributed by atoms with Gasteiger partial charge in [-0.15, -0.1) is 0 Å². The van der Waals surface area contributed by atoms with E-state index in [0.29, 0.717) is 18.7 Å². The Balaban J connectivity index is 1.39. The van der Waals surface area contributed by atoms with Gasteiger partial charge in [-0.25, -0.2) is 4.79 Å². The lowest BCUT2D eigenvalue weighted by molar-refractivity contribution is -0.136. The lowest BCUT2D eigenvalue weighted by Gasteiger charge is -2.45. The average molecular weight is 386 g/mol. The predicted octanol–water partition coefficient (Wildman–Crippen LogP) is 2.68. The van der Waals surface area contributed by atoms with Crippen LogP contribution >= 0.6 is 0 Å². The van der Waals surface area contributed by atoms with Crippen molar-refractivity contribution in [3.05, 3.63) is 29.8 Å². The molecule has 2 atom stereocenters. The number of amides is 1. The van der Waals surface area contributed by atoms with E-state index in [1.807, 2.05) is 45.0 Å². The van der Waals surface area contributed by atoms with Crippen molar-refractivity contribution in [3.63, 3.8) is 0 Å². The molecule has 0 radical (unpaired) electrons. The number of nitriles is 1. The summed E-state index contributed by atoms with van der Waals surface area (Å²) in [6.07, 6.45) is 0.874. The second-order valence-corrected chi connectivity index (χ2v) is 8.49. The van der Waals surface area contributed by atoms with E-state index in [1.165, 1.54) is 0 Å². The molecule has 1 aromatic rings. The van der Waals surface area contributed by atoms with Gasteiger partial charge in [-0.3, -0.25) is 4.90 Å². The van der Waals surface area contributed by atoms with Gasteiger partial charge in [0.15, 0.2) is 0 Å². The minimum absolute atomic E-state index is 0.0477. The Kier molecular flexibility index (Phi) is 6.42. The quantitative estimate of drug-likeness (QED) is 0.784. The van der Waals surface area contributed by atoms with Gasteiger partial charge in [-0.1, -0.05) is 0 Å². The number of benzene rings is 1. The molecule has 1 N–H and O–H groups in total. The molecule has 2 aliphatic heterocycles. The van der Waals surface area contributed by atoms with Crippen LogP contribution in [0.15, 0.2) is 24.3 Å². The summed E-state index contributed by atoms with van der Waals surface area (Å²) in [5.41, 5.74) is 1.23. The van der Waals surface area contributed by atoms with Crippen molar-refractivity contribution < 1.29 is 14.3 Å². The summed E-state index contributed by atoms with van der Waals surface area (Å²) in [6, 6.07) is 9.64. The zero-order chi connectivity index (χ0) is 20.1. The van der Waals surface area contributed by atoms with Crippen molar-refractivity contribution in [2.75, 3.05) is 44.6 Å². The molecule has 0 aliphatic carbocycles. The zero-order valence-electron chi connectivity index (χ0n) is 17.0. The van der Waals surface area contributed by atoms with Crippen LogP contribution in [0.2, 0.25) is 0 Å². The number of nitrogens with one attached hydrogen (secondary N) is 1. The molecule has 28 heavy (non-hydrogen) atoms. The van der Waals surface area contributed by atoms with Crippen LogP contribution in [0.1, 0.15) is 32.8 Å². The fraction of sp³-hybridized carbons (Fsp3) is 0.619. The third-order valence-corrected chi connectivity index (χ3v) is 4.80. The van der Waals surface area contributed by atoms with E-state index < -0.39 is 5.60 Å². The maximum absolute atomic E-state index is 12.3. The molecule has 1 aromatic carbocycles. The molecular formula is C21H30N4O3. The molecule has 152 valence electrons. The van der Waals surface area contributed by atoms with E-state index in [0.717, 1.165) is 38.3 Å². The number of rotatable bonds is 5. The summed E-state index contributed by atoms with van der Waals surface area (Å²) in [7, 11) is 0. The van der Waals surface area contributed by atoms with Crippen LogP contribution in [0.5, 0.6) is 0 Å². The fourth-order valence-electron chi connectivity index (χ4n) is 3.63. The normalized spacial score (nSPS) is 22.4. The van der Waals surface area contributed by atoms with Crippen molar-refractivity contribution in [2.24, 2.45) is 0 Å². The van der Waals surface area contributed by atoms with Gasteiger partial charge in [0.05, 0.1) is 36.9 Å². The highest BCUT2D eigenvalue weighted by molar-refractivity contribution is 5.68. The predicted molar refractivity (Wildman–Crippen MR) is 107 cm³/mol. The molecule has 2 bridgehead atoms. The second kappa shape index (κ2) is 8.80. The molecule has 7 heteroatoms. The van der Waals surface area contributed by atoms with E-state index >= 15 is 0 Å². The Bertz CT molecular complexity index is 694. The second-order valence-electron chi connectivity index (χ2n) is 8.49. The summed E-state index contributed by atoms with van der Waals surface area (Å²) in [5, 5.41) is 12.2.